The van der Waals surface area contributed by atoms with E-state index in [0.29, 0.717) is 6.54 Å². The van der Waals surface area contributed by atoms with Crippen molar-refractivity contribution in [2.75, 3.05) is 43.6 Å². The maximum Gasteiger partial charge on any atom is 0.162 e. The minimum Gasteiger partial charge on any atom is -0.493 e. The molecule has 0 unspecified atom stereocenters. The zero-order valence-corrected chi connectivity index (χ0v) is 17.7. The minimum absolute atomic E-state index is 0.0970. The lowest BCUT2D eigenvalue weighted by Crippen LogP contribution is -2.36. The predicted molar refractivity (Wildman–Crippen MR) is 113 cm³/mol. The molecule has 0 atom stereocenters. The minimum atomic E-state index is 0.0970. The van der Waals surface area contributed by atoms with Gasteiger partial charge in [-0.1, -0.05) is 15.9 Å². The van der Waals surface area contributed by atoms with Gasteiger partial charge in [0.05, 0.1) is 26.4 Å². The summed E-state index contributed by atoms with van der Waals surface area (Å²) in [6, 6.07) is 12.5. The first-order valence-electron chi connectivity index (χ1n) is 9.26. The SMILES string of the molecule is COc1cc(CNc2ccc(N3CCOCC3)cc2)c(Br)cc1OC(C)C. The molecule has 5 nitrogen and oxygen atoms in total. The lowest BCUT2D eigenvalue weighted by Gasteiger charge is -2.29. The quantitative estimate of drug-likeness (QED) is 0.684. The molecule has 1 aliphatic heterocycles. The first-order valence-corrected chi connectivity index (χ1v) is 10.1. The van der Waals surface area contributed by atoms with Crippen LogP contribution in [-0.2, 0) is 11.3 Å². The Morgan fingerprint density at radius 2 is 1.81 bits per heavy atom. The van der Waals surface area contributed by atoms with Crippen LogP contribution in [0.1, 0.15) is 19.4 Å². The molecule has 0 spiro atoms. The van der Waals surface area contributed by atoms with Crippen molar-refractivity contribution in [1.29, 1.82) is 0 Å². The van der Waals surface area contributed by atoms with Crippen molar-refractivity contribution in [3.05, 3.63) is 46.4 Å². The van der Waals surface area contributed by atoms with Gasteiger partial charge in [-0.3, -0.25) is 0 Å². The summed E-state index contributed by atoms with van der Waals surface area (Å²) in [5, 5.41) is 3.47. The molecule has 0 bridgehead atoms. The van der Waals surface area contributed by atoms with E-state index in [-0.39, 0.29) is 6.10 Å². The summed E-state index contributed by atoms with van der Waals surface area (Å²) in [4.78, 5) is 2.35. The number of nitrogens with zero attached hydrogens (tertiary/aromatic N) is 1. The van der Waals surface area contributed by atoms with Crippen molar-refractivity contribution in [3.63, 3.8) is 0 Å². The number of nitrogens with one attached hydrogen (secondary N) is 1. The number of morpholine rings is 1. The maximum absolute atomic E-state index is 5.82. The Morgan fingerprint density at radius 1 is 1.11 bits per heavy atom. The molecule has 2 aromatic rings. The van der Waals surface area contributed by atoms with Crippen molar-refractivity contribution in [1.82, 2.24) is 0 Å². The van der Waals surface area contributed by atoms with E-state index < -0.39 is 0 Å². The topological polar surface area (TPSA) is 43.0 Å². The van der Waals surface area contributed by atoms with Crippen molar-refractivity contribution in [3.8, 4) is 11.5 Å². The Labute approximate surface area is 169 Å². The molecule has 6 heteroatoms. The number of rotatable bonds is 7. The van der Waals surface area contributed by atoms with Crippen LogP contribution in [0.2, 0.25) is 0 Å². The van der Waals surface area contributed by atoms with Gasteiger partial charge in [-0.15, -0.1) is 0 Å². The smallest absolute Gasteiger partial charge is 0.162 e. The lowest BCUT2D eigenvalue weighted by molar-refractivity contribution is 0.122. The van der Waals surface area contributed by atoms with Crippen LogP contribution in [0.3, 0.4) is 0 Å². The van der Waals surface area contributed by atoms with Gasteiger partial charge in [0, 0.05) is 35.5 Å². The molecule has 0 aliphatic carbocycles. The van der Waals surface area contributed by atoms with Crippen LogP contribution in [0, 0.1) is 0 Å². The van der Waals surface area contributed by atoms with Gasteiger partial charge in [0.15, 0.2) is 11.5 Å². The van der Waals surface area contributed by atoms with E-state index >= 15 is 0 Å². The number of benzene rings is 2. The van der Waals surface area contributed by atoms with Crippen molar-refractivity contribution in [2.24, 2.45) is 0 Å². The van der Waals surface area contributed by atoms with E-state index in [0.717, 1.165) is 53.5 Å². The van der Waals surface area contributed by atoms with Crippen LogP contribution in [0.15, 0.2) is 40.9 Å². The number of hydrogen-bond acceptors (Lipinski definition) is 5. The summed E-state index contributed by atoms with van der Waals surface area (Å²) < 4.78 is 17.7. The molecule has 3 rings (SSSR count). The maximum atomic E-state index is 5.82. The number of hydrogen-bond donors (Lipinski definition) is 1. The van der Waals surface area contributed by atoms with E-state index in [1.807, 2.05) is 26.0 Å². The van der Waals surface area contributed by atoms with Gasteiger partial charge >= 0.3 is 0 Å². The van der Waals surface area contributed by atoms with Gasteiger partial charge in [-0.05, 0) is 55.8 Å². The third-order valence-electron chi connectivity index (χ3n) is 4.42. The van der Waals surface area contributed by atoms with Crippen LogP contribution >= 0.6 is 15.9 Å². The first-order chi connectivity index (χ1) is 13.1. The highest BCUT2D eigenvalue weighted by molar-refractivity contribution is 9.10. The largest absolute Gasteiger partial charge is 0.493 e. The molecule has 0 radical (unpaired) electrons. The molecule has 1 saturated heterocycles. The van der Waals surface area contributed by atoms with Gasteiger partial charge in [0.25, 0.3) is 0 Å². The third-order valence-corrected chi connectivity index (χ3v) is 5.16. The zero-order valence-electron chi connectivity index (χ0n) is 16.1. The molecule has 1 N–H and O–H groups in total. The van der Waals surface area contributed by atoms with Crippen molar-refractivity contribution in [2.45, 2.75) is 26.5 Å². The second kappa shape index (κ2) is 9.33. The molecular formula is C21H27BrN2O3. The molecule has 0 saturated carbocycles. The van der Waals surface area contributed by atoms with Crippen LogP contribution < -0.4 is 19.7 Å². The first kappa shape index (κ1) is 19.8. The summed E-state index contributed by atoms with van der Waals surface area (Å²) in [5.41, 5.74) is 3.43. The van der Waals surface area contributed by atoms with Gasteiger partial charge < -0.3 is 24.4 Å². The van der Waals surface area contributed by atoms with E-state index in [2.05, 4.69) is 50.4 Å². The van der Waals surface area contributed by atoms with Gasteiger partial charge in [0.2, 0.25) is 0 Å². The monoisotopic (exact) mass is 434 g/mol. The molecule has 1 aliphatic rings. The fourth-order valence-electron chi connectivity index (χ4n) is 3.03. The Kier molecular flexibility index (Phi) is 6.85. The summed E-state index contributed by atoms with van der Waals surface area (Å²) in [6.07, 6.45) is 0.0970. The number of methoxy groups -OCH3 is 1. The summed E-state index contributed by atoms with van der Waals surface area (Å²) >= 11 is 3.64. The number of anilines is 2. The third kappa shape index (κ3) is 5.30. The van der Waals surface area contributed by atoms with Crippen molar-refractivity contribution >= 4 is 27.3 Å². The lowest BCUT2D eigenvalue weighted by atomic mass is 10.2. The van der Waals surface area contributed by atoms with Gasteiger partial charge in [-0.2, -0.15) is 0 Å². The zero-order chi connectivity index (χ0) is 19.2. The second-order valence-electron chi connectivity index (χ2n) is 6.76. The Balaban J connectivity index is 1.65. The molecule has 146 valence electrons. The Bertz CT molecular complexity index is 744. The highest BCUT2D eigenvalue weighted by Crippen LogP contribution is 2.34. The summed E-state index contributed by atoms with van der Waals surface area (Å²) in [6.45, 7) is 8.19. The summed E-state index contributed by atoms with van der Waals surface area (Å²) in [5.74, 6) is 1.49. The number of halogens is 1. The average molecular weight is 435 g/mol. The van der Waals surface area contributed by atoms with Crippen LogP contribution in [0.4, 0.5) is 11.4 Å². The van der Waals surface area contributed by atoms with E-state index in [1.54, 1.807) is 7.11 Å². The Hall–Kier alpha value is -1.92. The highest BCUT2D eigenvalue weighted by atomic mass is 79.9. The van der Waals surface area contributed by atoms with Crippen molar-refractivity contribution < 1.29 is 14.2 Å². The normalized spacial score (nSPS) is 14.3. The van der Waals surface area contributed by atoms with Crippen LogP contribution in [-0.4, -0.2) is 39.5 Å². The number of ether oxygens (including phenoxy) is 3. The standard InChI is InChI=1S/C21H27BrN2O3/c1-15(2)27-21-13-19(22)16(12-20(21)25-3)14-23-17-4-6-18(7-5-17)24-8-10-26-11-9-24/h4-7,12-13,15,23H,8-11,14H2,1-3H3. The molecule has 0 amide bonds. The summed E-state index contributed by atoms with van der Waals surface area (Å²) in [7, 11) is 1.66. The molecule has 0 aromatic heterocycles. The van der Waals surface area contributed by atoms with E-state index in [9.17, 15) is 0 Å². The molecule has 1 fully saturated rings. The van der Waals surface area contributed by atoms with Gasteiger partial charge in [0.1, 0.15) is 0 Å². The molecule has 2 aromatic carbocycles. The van der Waals surface area contributed by atoms with Gasteiger partial charge in [-0.25, -0.2) is 0 Å². The average Bonchev–Trinajstić information content (AvgIpc) is 2.68. The fourth-order valence-corrected chi connectivity index (χ4v) is 3.49. The Morgan fingerprint density at radius 3 is 2.44 bits per heavy atom. The fraction of sp³-hybridized carbons (Fsp3) is 0.429. The molecular weight excluding hydrogens is 408 g/mol. The van der Waals surface area contributed by atoms with Crippen LogP contribution in [0.5, 0.6) is 11.5 Å². The van der Waals surface area contributed by atoms with Crippen LogP contribution in [0.25, 0.3) is 0 Å². The highest BCUT2D eigenvalue weighted by Gasteiger charge is 2.13. The molecule has 27 heavy (non-hydrogen) atoms. The second-order valence-corrected chi connectivity index (χ2v) is 7.62. The predicted octanol–water partition coefficient (Wildman–Crippen LogP) is 4.69. The molecule has 1 heterocycles. The van der Waals surface area contributed by atoms with E-state index in [4.69, 9.17) is 14.2 Å². The van der Waals surface area contributed by atoms with E-state index in [1.165, 1.54) is 5.69 Å².